The van der Waals surface area contributed by atoms with E-state index in [0.717, 1.165) is 23.7 Å². The van der Waals surface area contributed by atoms with Gasteiger partial charge in [0.25, 0.3) is 0 Å². The Morgan fingerprint density at radius 2 is 1.53 bits per heavy atom. The predicted octanol–water partition coefficient (Wildman–Crippen LogP) is 0.588. The van der Waals surface area contributed by atoms with Gasteiger partial charge in [0, 0.05) is 126 Å². The number of hydrogen-bond donors (Lipinski definition) is 0. The third-order valence-electron chi connectivity index (χ3n) is 0.924. The number of nitrogens with zero attached hydrogens (tertiary/aromatic N) is 2. The molecule has 0 unspecified atom stereocenters. The van der Waals surface area contributed by atoms with Gasteiger partial charge in [0.1, 0.15) is 0 Å². The molecule has 19 heavy (non-hydrogen) atoms. The van der Waals surface area contributed by atoms with Gasteiger partial charge in [-0.05, 0) is 0 Å². The average molecular weight is 1620 g/mol. The summed E-state index contributed by atoms with van der Waals surface area (Å²) < 4.78 is 9.39. The first-order chi connectivity index (χ1) is 6.15. The van der Waals surface area contributed by atoms with Crippen molar-refractivity contribution < 1.29 is 175 Å². The molecule has 0 bridgehead atoms. The van der Waals surface area contributed by atoms with Crippen LogP contribution in [0.5, 0.6) is 0 Å². The second-order valence-electron chi connectivity index (χ2n) is 1.81. The Morgan fingerprint density at radius 1 is 1.11 bits per heavy atom. The van der Waals surface area contributed by atoms with E-state index in [1.807, 2.05) is 6.92 Å². The Hall–Kier alpha value is 4.06. The summed E-state index contributed by atoms with van der Waals surface area (Å²) in [6.45, 7) is 4.82. The van der Waals surface area contributed by atoms with Crippen molar-refractivity contribution >= 4 is 16.3 Å². The van der Waals surface area contributed by atoms with Crippen LogP contribution in [0, 0.1) is 6.08 Å². The van der Waals surface area contributed by atoms with Gasteiger partial charge in [0.15, 0.2) is 0 Å². The van der Waals surface area contributed by atoms with Crippen LogP contribution in [-0.2, 0) is 175 Å². The largest absolute Gasteiger partial charge is 0 e. The van der Waals surface area contributed by atoms with Crippen molar-refractivity contribution in [2.75, 3.05) is 0 Å². The van der Waals surface area contributed by atoms with E-state index in [2.05, 4.69) is 19.3 Å². The van der Waals surface area contributed by atoms with Gasteiger partial charge in [-0.1, -0.05) is 0 Å². The van der Waals surface area contributed by atoms with Crippen molar-refractivity contribution in [3.05, 3.63) is 11.8 Å². The number of aliphatic imine (C=N–C) groups is 1. The van der Waals surface area contributed by atoms with E-state index in [1.54, 1.807) is 6.92 Å². The fraction of sp³-hybridized carbons (Fsp3) is 0.286. The maximum atomic E-state index is 9.98. The summed E-state index contributed by atoms with van der Waals surface area (Å²) >= 11 is 2.24. The molecule has 0 aromatic rings. The van der Waals surface area contributed by atoms with Gasteiger partial charge in [-0.25, -0.2) is 0 Å². The van der Waals surface area contributed by atoms with Crippen LogP contribution >= 0.6 is 0 Å². The Balaban J connectivity index is -0.0000000480. The molecular weight excluding hydrogens is 1610 g/mol. The van der Waals surface area contributed by atoms with Gasteiger partial charge in [0.05, 0.1) is 0 Å². The zero-order valence-corrected chi connectivity index (χ0v) is 32.9. The molecule has 0 saturated carbocycles. The van der Waals surface area contributed by atoms with Gasteiger partial charge in [-0.2, -0.15) is 0 Å². The molecule has 0 heterocycles. The van der Waals surface area contributed by atoms with Crippen LogP contribution in [0.3, 0.4) is 0 Å². The molecule has 0 rings (SSSR count). The van der Waals surface area contributed by atoms with Crippen LogP contribution < -0.4 is 0 Å². The van der Waals surface area contributed by atoms with E-state index < -0.39 is 0 Å². The molecule has 0 spiro atoms. The summed E-state index contributed by atoms with van der Waals surface area (Å²) in [5, 5.41) is 0. The Labute approximate surface area is 221 Å². The molecule has 0 fully saturated rings. The Bertz CT molecular complexity index is 295. The van der Waals surface area contributed by atoms with Crippen molar-refractivity contribution in [2.24, 2.45) is 8.49 Å². The molecule has 106 valence electrons. The number of carbonyl (C=O) groups excluding carboxylic acids is 1. The van der Waals surface area contributed by atoms with Gasteiger partial charge in [-0.15, -0.1) is 0 Å². The molecule has 0 radical (unpaired) electrons. The summed E-state index contributed by atoms with van der Waals surface area (Å²) in [7, 11) is 0. The smallest absolute Gasteiger partial charge is 0 e. The first kappa shape index (κ1) is 43.5. The minimum atomic E-state index is 0. The number of amidine groups is 1. The zero-order chi connectivity index (χ0) is 10.3. The first-order valence-corrected chi connectivity index (χ1v) is 5.95. The summed E-state index contributed by atoms with van der Waals surface area (Å²) in [6, 6.07) is 0. The average Bonchev–Trinajstić information content (AvgIpc) is 2.10. The fourth-order valence-electron chi connectivity index (χ4n) is 0.512. The van der Waals surface area contributed by atoms with Crippen molar-refractivity contribution in [3.63, 3.8) is 0 Å². The Morgan fingerprint density at radius 3 is 1.74 bits per heavy atom. The van der Waals surface area contributed by atoms with Crippen LogP contribution in [0.15, 0.2) is 14.2 Å². The van der Waals surface area contributed by atoms with Crippen molar-refractivity contribution in [1.29, 1.82) is 0 Å². The van der Waals surface area contributed by atoms with E-state index >= 15 is 0 Å². The van der Waals surface area contributed by atoms with Crippen LogP contribution in [0.2, 0.25) is 0 Å². The van der Waals surface area contributed by atoms with Crippen molar-refractivity contribution in [3.8, 4) is 0 Å². The van der Waals surface area contributed by atoms with E-state index in [0.29, 0.717) is 5.84 Å². The molecule has 0 aliphatic carbocycles. The third kappa shape index (κ3) is 24.4. The zero-order valence-electron chi connectivity index (χ0n) is 9.48. The molecule has 0 N–H and O–H groups in total. The molecule has 0 amide bonds. The number of rotatable bonds is 4. The monoisotopic (exact) mass is 1620 g/mol. The summed E-state index contributed by atoms with van der Waals surface area (Å²) in [5.41, 5.74) is 0. The molecular formula is C7H6N2O2W8-2. The molecule has 0 atom stereocenters. The van der Waals surface area contributed by atoms with Crippen molar-refractivity contribution in [1.82, 2.24) is 0 Å². The summed E-state index contributed by atoms with van der Waals surface area (Å²) in [6.07, 6.45) is 2.68. The van der Waals surface area contributed by atoms with Crippen LogP contribution in [0.25, 0.3) is 0 Å². The maximum absolute atomic E-state index is 9.98. The van der Waals surface area contributed by atoms with Gasteiger partial charge >= 0.3 is 99.0 Å². The summed E-state index contributed by atoms with van der Waals surface area (Å²) in [5.74, 6) is 0.624. The first-order valence-electron chi connectivity index (χ1n) is 3.17. The second-order valence-corrected chi connectivity index (χ2v) is 4.59. The van der Waals surface area contributed by atoms with Crippen LogP contribution in [0.4, 0.5) is 0 Å². The van der Waals surface area contributed by atoms with Gasteiger partial charge < -0.3 is 0 Å². The molecule has 0 saturated heterocycles. The van der Waals surface area contributed by atoms with Gasteiger partial charge in [0.2, 0.25) is 0 Å². The van der Waals surface area contributed by atoms with Crippen LogP contribution in [0.1, 0.15) is 13.8 Å². The predicted molar refractivity (Wildman–Crippen MR) is 39.8 cm³/mol. The molecule has 0 aliphatic rings. The topological polar surface area (TPSA) is 51.0 Å². The molecule has 0 aliphatic heterocycles. The quantitative estimate of drug-likeness (QED) is 0.180. The maximum Gasteiger partial charge on any atom is 0 e. The minimum absolute atomic E-state index is 0. The number of allylic oxidation sites excluding steroid dienone is 1. The molecule has 12 heteroatoms. The standard InChI is InChI=1S/C7H6N2O2.8W/c1-3-6(11-5-10)7(8)9-4-2;;;;;;;;/h1-2H3;;;;;;;;/q-2;;;;;;;;. The number of hydrogen-bond acceptors (Lipinski definition) is 3. The second kappa shape index (κ2) is 30.0. The fourth-order valence-corrected chi connectivity index (χ4v) is 1.27. The normalized spacial score (nSPS) is 8.32. The minimum Gasteiger partial charge on any atom is 0 e. The van der Waals surface area contributed by atoms with E-state index in [1.165, 1.54) is 25.8 Å². The van der Waals surface area contributed by atoms with E-state index in [4.69, 9.17) is 0 Å². The van der Waals surface area contributed by atoms with Gasteiger partial charge in [-0.3, -0.25) is 0 Å². The van der Waals surface area contributed by atoms with Crippen molar-refractivity contribution in [2.45, 2.75) is 13.8 Å². The SMILES string of the molecule is C[C-]=C(O[C-]=O)C([N]=[W])=N[C](C)=[W].[W].[W].[W].[W].[W].[W]. The molecule has 0 aromatic heterocycles. The third-order valence-corrected chi connectivity index (χ3v) is 1.87. The van der Waals surface area contributed by atoms with E-state index in [-0.39, 0.29) is 132 Å². The number of ether oxygens (including phenoxy) is 1. The Kier molecular flexibility index (Phi) is 68.7. The van der Waals surface area contributed by atoms with Crippen LogP contribution in [-0.4, -0.2) is 16.3 Å². The molecule has 4 nitrogen and oxygen atoms in total. The summed E-state index contributed by atoms with van der Waals surface area (Å²) in [4.78, 5) is 14.1. The molecule has 0 aromatic carbocycles. The van der Waals surface area contributed by atoms with E-state index in [9.17, 15) is 4.79 Å².